The number of nitrogens with one attached hydrogen (secondary N) is 1. The lowest BCUT2D eigenvalue weighted by Crippen LogP contribution is -2.46. The third-order valence-electron chi connectivity index (χ3n) is 3.70. The molecule has 1 aromatic heterocycles. The van der Waals surface area contributed by atoms with E-state index in [1.165, 1.54) is 5.56 Å². The molecule has 2 heterocycles. The molecule has 2 rings (SSSR count). The van der Waals surface area contributed by atoms with Crippen molar-refractivity contribution in [2.45, 2.75) is 52.9 Å². The lowest BCUT2D eigenvalue weighted by atomic mass is 10.2. The second kappa shape index (κ2) is 6.55. The Bertz CT molecular complexity index is 403. The van der Waals surface area contributed by atoms with Gasteiger partial charge in [0.05, 0.1) is 25.8 Å². The molecule has 0 spiro atoms. The van der Waals surface area contributed by atoms with E-state index < -0.39 is 0 Å². The van der Waals surface area contributed by atoms with Crippen LogP contribution in [0.15, 0.2) is 10.5 Å². The van der Waals surface area contributed by atoms with Gasteiger partial charge >= 0.3 is 0 Å². The highest BCUT2D eigenvalue weighted by atomic mass is 16.5. The third-order valence-corrected chi connectivity index (χ3v) is 3.70. The van der Waals surface area contributed by atoms with E-state index in [9.17, 15) is 0 Å². The summed E-state index contributed by atoms with van der Waals surface area (Å²) in [6, 6.07) is 2.62. The predicted octanol–water partition coefficient (Wildman–Crippen LogP) is 2.31. The van der Waals surface area contributed by atoms with E-state index >= 15 is 0 Å². The lowest BCUT2D eigenvalue weighted by Gasteiger charge is -2.36. The summed E-state index contributed by atoms with van der Waals surface area (Å²) < 4.78 is 11.6. The summed E-state index contributed by atoms with van der Waals surface area (Å²) >= 11 is 0. The van der Waals surface area contributed by atoms with Crippen molar-refractivity contribution in [1.82, 2.24) is 10.2 Å². The van der Waals surface area contributed by atoms with Crippen molar-refractivity contribution in [3.63, 3.8) is 0 Å². The van der Waals surface area contributed by atoms with Gasteiger partial charge in [-0.1, -0.05) is 6.92 Å². The van der Waals surface area contributed by atoms with Gasteiger partial charge in [-0.25, -0.2) is 0 Å². The van der Waals surface area contributed by atoms with Crippen molar-refractivity contribution >= 4 is 0 Å². The van der Waals surface area contributed by atoms with Crippen LogP contribution < -0.4 is 5.32 Å². The molecule has 2 unspecified atom stereocenters. The van der Waals surface area contributed by atoms with Crippen molar-refractivity contribution in [2.24, 2.45) is 0 Å². The number of ether oxygens (including phenoxy) is 1. The van der Waals surface area contributed by atoms with E-state index in [4.69, 9.17) is 9.15 Å². The largest absolute Gasteiger partial charge is 0.463 e. The highest BCUT2D eigenvalue weighted by Gasteiger charge is 2.24. The first-order chi connectivity index (χ1) is 9.10. The fourth-order valence-corrected chi connectivity index (χ4v) is 2.47. The van der Waals surface area contributed by atoms with Crippen LogP contribution in [0.2, 0.25) is 0 Å². The number of hydrogen-bond donors (Lipinski definition) is 1. The van der Waals surface area contributed by atoms with Crippen molar-refractivity contribution in [2.75, 3.05) is 19.7 Å². The molecule has 0 saturated carbocycles. The predicted molar refractivity (Wildman–Crippen MR) is 76.1 cm³/mol. The summed E-state index contributed by atoms with van der Waals surface area (Å²) in [5.74, 6) is 2.12. The zero-order valence-electron chi connectivity index (χ0n) is 12.5. The Morgan fingerprint density at radius 1 is 1.42 bits per heavy atom. The Morgan fingerprint density at radius 2 is 2.21 bits per heavy atom. The number of furan rings is 1. The van der Waals surface area contributed by atoms with Gasteiger partial charge in [-0.05, 0) is 38.9 Å². The molecule has 2 atom stereocenters. The van der Waals surface area contributed by atoms with Gasteiger partial charge in [0, 0.05) is 12.6 Å². The average Bonchev–Trinajstić information content (AvgIpc) is 2.72. The smallest absolute Gasteiger partial charge is 0.120 e. The lowest BCUT2D eigenvalue weighted by molar-refractivity contribution is -0.0546. The second-order valence-corrected chi connectivity index (χ2v) is 5.52. The highest BCUT2D eigenvalue weighted by molar-refractivity contribution is 5.20. The molecule has 1 fully saturated rings. The fourth-order valence-electron chi connectivity index (χ4n) is 2.47. The van der Waals surface area contributed by atoms with Crippen molar-refractivity contribution in [3.05, 3.63) is 23.2 Å². The molecule has 0 amide bonds. The summed E-state index contributed by atoms with van der Waals surface area (Å²) in [5, 5.41) is 3.31. The SMILES string of the molecule is CCNCc1oc(CN2CC(C)OCC2C)cc1C. The minimum atomic E-state index is 0.313. The number of nitrogens with zero attached hydrogens (tertiary/aromatic N) is 1. The Hall–Kier alpha value is -0.840. The van der Waals surface area contributed by atoms with E-state index in [0.717, 1.165) is 44.3 Å². The van der Waals surface area contributed by atoms with Gasteiger partial charge in [0.25, 0.3) is 0 Å². The fraction of sp³-hybridized carbons (Fsp3) is 0.733. The average molecular weight is 266 g/mol. The zero-order chi connectivity index (χ0) is 13.8. The summed E-state index contributed by atoms with van der Waals surface area (Å²) in [7, 11) is 0. The maximum absolute atomic E-state index is 5.96. The quantitative estimate of drug-likeness (QED) is 0.887. The standard InChI is InChI=1S/C15H26N2O2/c1-5-16-7-15-11(2)6-14(19-15)9-17-8-13(4)18-10-12(17)3/h6,12-13,16H,5,7-10H2,1-4H3. The summed E-state index contributed by atoms with van der Waals surface area (Å²) in [6.45, 7) is 13.0. The number of rotatable bonds is 5. The van der Waals surface area contributed by atoms with Crippen LogP contribution in [0.1, 0.15) is 37.9 Å². The van der Waals surface area contributed by atoms with Crippen LogP contribution in [0, 0.1) is 6.92 Å². The monoisotopic (exact) mass is 266 g/mol. The molecule has 0 radical (unpaired) electrons. The zero-order valence-corrected chi connectivity index (χ0v) is 12.5. The maximum atomic E-state index is 5.96. The van der Waals surface area contributed by atoms with Gasteiger partial charge < -0.3 is 14.5 Å². The molecule has 1 aliphatic heterocycles. The van der Waals surface area contributed by atoms with Crippen LogP contribution >= 0.6 is 0 Å². The minimum absolute atomic E-state index is 0.313. The molecule has 1 aliphatic rings. The van der Waals surface area contributed by atoms with Crippen LogP contribution in [-0.2, 0) is 17.8 Å². The summed E-state index contributed by atoms with van der Waals surface area (Å²) in [4.78, 5) is 2.43. The normalized spacial score (nSPS) is 24.8. The molecule has 1 saturated heterocycles. The maximum Gasteiger partial charge on any atom is 0.120 e. The highest BCUT2D eigenvalue weighted by Crippen LogP contribution is 2.19. The van der Waals surface area contributed by atoms with Crippen molar-refractivity contribution in [3.8, 4) is 0 Å². The Kier molecular flexibility index (Phi) is 5.02. The topological polar surface area (TPSA) is 37.6 Å². The van der Waals surface area contributed by atoms with Crippen LogP contribution in [0.5, 0.6) is 0 Å². The molecule has 108 valence electrons. The molecular weight excluding hydrogens is 240 g/mol. The first kappa shape index (κ1) is 14.6. The van der Waals surface area contributed by atoms with Crippen molar-refractivity contribution in [1.29, 1.82) is 0 Å². The molecule has 1 aromatic rings. The van der Waals surface area contributed by atoms with Crippen LogP contribution in [0.25, 0.3) is 0 Å². The van der Waals surface area contributed by atoms with Crippen LogP contribution in [-0.4, -0.2) is 36.7 Å². The first-order valence-electron chi connectivity index (χ1n) is 7.24. The molecule has 19 heavy (non-hydrogen) atoms. The summed E-state index contributed by atoms with van der Waals surface area (Å²) in [5.41, 5.74) is 1.24. The minimum Gasteiger partial charge on any atom is -0.463 e. The van der Waals surface area contributed by atoms with Gasteiger partial charge in [-0.15, -0.1) is 0 Å². The van der Waals surface area contributed by atoms with E-state index in [0.29, 0.717) is 12.1 Å². The Morgan fingerprint density at radius 3 is 2.95 bits per heavy atom. The molecular formula is C15H26N2O2. The van der Waals surface area contributed by atoms with E-state index in [-0.39, 0.29) is 0 Å². The summed E-state index contributed by atoms with van der Waals surface area (Å²) in [6.07, 6.45) is 0.313. The Labute approximate surface area is 116 Å². The van der Waals surface area contributed by atoms with E-state index in [2.05, 4.69) is 44.0 Å². The van der Waals surface area contributed by atoms with Gasteiger partial charge in [0.1, 0.15) is 11.5 Å². The van der Waals surface area contributed by atoms with Gasteiger partial charge in [-0.2, -0.15) is 0 Å². The molecule has 4 heteroatoms. The molecule has 0 aromatic carbocycles. The molecule has 0 bridgehead atoms. The number of morpholine rings is 1. The van der Waals surface area contributed by atoms with Gasteiger partial charge in [0.2, 0.25) is 0 Å². The van der Waals surface area contributed by atoms with Crippen molar-refractivity contribution < 1.29 is 9.15 Å². The number of aryl methyl sites for hydroxylation is 1. The molecule has 4 nitrogen and oxygen atoms in total. The van der Waals surface area contributed by atoms with Crippen LogP contribution in [0.3, 0.4) is 0 Å². The Balaban J connectivity index is 1.98. The number of hydrogen-bond acceptors (Lipinski definition) is 4. The van der Waals surface area contributed by atoms with Gasteiger partial charge in [-0.3, -0.25) is 4.90 Å². The first-order valence-corrected chi connectivity index (χ1v) is 7.24. The molecule has 0 aliphatic carbocycles. The second-order valence-electron chi connectivity index (χ2n) is 5.52. The van der Waals surface area contributed by atoms with Crippen LogP contribution in [0.4, 0.5) is 0 Å². The van der Waals surface area contributed by atoms with E-state index in [1.54, 1.807) is 0 Å². The van der Waals surface area contributed by atoms with Gasteiger partial charge in [0.15, 0.2) is 0 Å². The van der Waals surface area contributed by atoms with E-state index in [1.807, 2.05) is 0 Å². The third kappa shape index (κ3) is 3.81. The molecule has 1 N–H and O–H groups in total.